The summed E-state index contributed by atoms with van der Waals surface area (Å²) in [7, 11) is 0. The van der Waals surface area contributed by atoms with Gasteiger partial charge in [0.2, 0.25) is 0 Å². The van der Waals surface area contributed by atoms with Crippen molar-refractivity contribution in [3.8, 4) is 39.9 Å². The second-order valence-electron chi connectivity index (χ2n) is 13.6. The quantitative estimate of drug-likeness (QED) is 0.175. The first-order valence-electron chi connectivity index (χ1n) is 18.0. The van der Waals surface area contributed by atoms with E-state index in [1.807, 2.05) is 18.2 Å². The van der Waals surface area contributed by atoms with Gasteiger partial charge in [-0.25, -0.2) is 15.0 Å². The number of rotatable bonds is 4. The van der Waals surface area contributed by atoms with Crippen molar-refractivity contribution in [2.45, 2.75) is 0 Å². The highest BCUT2D eigenvalue weighted by atomic mass is 15.0. The van der Waals surface area contributed by atoms with Crippen LogP contribution in [0.3, 0.4) is 0 Å². The first-order chi connectivity index (χ1) is 26.3. The van der Waals surface area contributed by atoms with Crippen molar-refractivity contribution in [3.63, 3.8) is 0 Å². The zero-order valence-corrected chi connectivity index (χ0v) is 28.6. The van der Waals surface area contributed by atoms with Crippen LogP contribution in [0.15, 0.2) is 182 Å². The SMILES string of the molecule is c1ccc(-c2nc(-c3cccc(-n4c5ccccc5c5c6c7ccccc7ccc6c6ccccc6c54)c3)nc(-c3ccc4ccccc4c3)n2)cc1. The van der Waals surface area contributed by atoms with Crippen molar-refractivity contribution in [1.82, 2.24) is 19.5 Å². The van der Waals surface area contributed by atoms with Crippen molar-refractivity contribution >= 4 is 64.9 Å². The van der Waals surface area contributed by atoms with Gasteiger partial charge in [0.25, 0.3) is 0 Å². The maximum Gasteiger partial charge on any atom is 0.164 e. The van der Waals surface area contributed by atoms with Crippen molar-refractivity contribution in [2.75, 3.05) is 0 Å². The van der Waals surface area contributed by atoms with Crippen LogP contribution in [0.4, 0.5) is 0 Å². The lowest BCUT2D eigenvalue weighted by molar-refractivity contribution is 1.07. The van der Waals surface area contributed by atoms with Crippen LogP contribution >= 0.6 is 0 Å². The highest BCUT2D eigenvalue weighted by Crippen LogP contribution is 2.45. The van der Waals surface area contributed by atoms with E-state index >= 15 is 0 Å². The molecule has 2 heterocycles. The molecule has 0 aliphatic carbocycles. The highest BCUT2D eigenvalue weighted by molar-refractivity contribution is 6.36. The van der Waals surface area contributed by atoms with Crippen LogP contribution in [0.5, 0.6) is 0 Å². The number of nitrogens with zero attached hydrogens (tertiary/aromatic N) is 4. The van der Waals surface area contributed by atoms with E-state index in [2.05, 4.69) is 168 Å². The standard InChI is InChI=1S/C49H30N4/c1-2-15-33(16-3-1)47-50-48(52-49(51-47)36-26-25-31-13-4-5-17-34(31)29-36)35-18-12-19-37(30-35)53-43-24-11-10-23-42(43)45-44-38-20-7-6-14-32(38)27-28-40(44)39-21-8-9-22-41(39)46(45)53/h1-30H. The molecule has 0 radical (unpaired) electrons. The summed E-state index contributed by atoms with van der Waals surface area (Å²) in [6, 6.07) is 64.5. The average Bonchev–Trinajstić information content (AvgIpc) is 3.59. The first kappa shape index (κ1) is 29.5. The molecule has 4 heteroatoms. The van der Waals surface area contributed by atoms with Gasteiger partial charge in [0, 0.05) is 43.9 Å². The molecule has 11 aromatic rings. The Kier molecular flexibility index (Phi) is 6.52. The van der Waals surface area contributed by atoms with Crippen LogP contribution in [0.25, 0.3) is 105 Å². The van der Waals surface area contributed by atoms with E-state index in [4.69, 9.17) is 15.0 Å². The molecular formula is C49H30N4. The summed E-state index contributed by atoms with van der Waals surface area (Å²) in [5.41, 5.74) is 6.22. The molecule has 0 unspecified atom stereocenters. The molecule has 11 rings (SSSR count). The minimum atomic E-state index is 0.630. The Bertz CT molecular complexity index is 3230. The molecule has 53 heavy (non-hydrogen) atoms. The lowest BCUT2D eigenvalue weighted by Gasteiger charge is -2.14. The van der Waals surface area contributed by atoms with Gasteiger partial charge in [0.1, 0.15) is 0 Å². The molecule has 0 aliphatic heterocycles. The van der Waals surface area contributed by atoms with Crippen LogP contribution in [-0.4, -0.2) is 19.5 Å². The molecule has 0 saturated carbocycles. The Morgan fingerprint density at radius 2 is 0.906 bits per heavy atom. The number of hydrogen-bond acceptors (Lipinski definition) is 3. The number of benzene rings is 9. The van der Waals surface area contributed by atoms with Gasteiger partial charge in [-0.1, -0.05) is 158 Å². The van der Waals surface area contributed by atoms with E-state index < -0.39 is 0 Å². The predicted octanol–water partition coefficient (Wildman–Crippen LogP) is 12.6. The van der Waals surface area contributed by atoms with Gasteiger partial charge in [-0.05, 0) is 56.6 Å². The summed E-state index contributed by atoms with van der Waals surface area (Å²) >= 11 is 0. The van der Waals surface area contributed by atoms with E-state index in [-0.39, 0.29) is 0 Å². The Morgan fingerprint density at radius 1 is 0.321 bits per heavy atom. The van der Waals surface area contributed by atoms with Gasteiger partial charge in [0.15, 0.2) is 17.5 Å². The van der Waals surface area contributed by atoms with Crippen LogP contribution in [0.2, 0.25) is 0 Å². The fourth-order valence-electron chi connectivity index (χ4n) is 8.17. The lowest BCUT2D eigenvalue weighted by Crippen LogP contribution is -2.01. The maximum absolute atomic E-state index is 5.15. The van der Waals surface area contributed by atoms with Gasteiger partial charge in [-0.15, -0.1) is 0 Å². The highest BCUT2D eigenvalue weighted by Gasteiger charge is 2.21. The molecular weight excluding hydrogens is 645 g/mol. The predicted molar refractivity (Wildman–Crippen MR) is 220 cm³/mol. The number of para-hydroxylation sites is 1. The molecule has 0 N–H and O–H groups in total. The number of hydrogen-bond donors (Lipinski definition) is 0. The summed E-state index contributed by atoms with van der Waals surface area (Å²) in [6.07, 6.45) is 0. The van der Waals surface area contributed by atoms with Gasteiger partial charge in [-0.3, -0.25) is 0 Å². The van der Waals surface area contributed by atoms with E-state index in [9.17, 15) is 0 Å². The minimum Gasteiger partial charge on any atom is -0.309 e. The van der Waals surface area contributed by atoms with Crippen molar-refractivity contribution in [3.05, 3.63) is 182 Å². The zero-order valence-electron chi connectivity index (χ0n) is 28.6. The van der Waals surface area contributed by atoms with Crippen LogP contribution in [-0.2, 0) is 0 Å². The van der Waals surface area contributed by atoms with Crippen LogP contribution in [0, 0.1) is 0 Å². The Labute approximate surface area is 305 Å². The minimum absolute atomic E-state index is 0.630. The van der Waals surface area contributed by atoms with Crippen LogP contribution in [0.1, 0.15) is 0 Å². The molecule has 0 spiro atoms. The van der Waals surface area contributed by atoms with Gasteiger partial charge >= 0.3 is 0 Å². The molecule has 246 valence electrons. The van der Waals surface area contributed by atoms with E-state index in [0.29, 0.717) is 17.5 Å². The molecule has 4 nitrogen and oxygen atoms in total. The topological polar surface area (TPSA) is 43.6 Å². The molecule has 0 bridgehead atoms. The molecule has 0 saturated heterocycles. The maximum atomic E-state index is 5.15. The zero-order chi connectivity index (χ0) is 34.9. The van der Waals surface area contributed by atoms with E-state index in [0.717, 1.165) is 33.3 Å². The van der Waals surface area contributed by atoms with Gasteiger partial charge in [-0.2, -0.15) is 0 Å². The Morgan fingerprint density at radius 3 is 1.72 bits per heavy atom. The third-order valence-corrected chi connectivity index (χ3v) is 10.6. The van der Waals surface area contributed by atoms with E-state index in [1.165, 1.54) is 54.0 Å². The summed E-state index contributed by atoms with van der Waals surface area (Å²) in [4.78, 5) is 15.3. The third-order valence-electron chi connectivity index (χ3n) is 10.6. The molecule has 9 aromatic carbocycles. The molecule has 0 amide bonds. The van der Waals surface area contributed by atoms with Crippen molar-refractivity contribution in [2.24, 2.45) is 0 Å². The Balaban J connectivity index is 1.19. The summed E-state index contributed by atoms with van der Waals surface area (Å²) in [6.45, 7) is 0. The fourth-order valence-corrected chi connectivity index (χ4v) is 8.17. The van der Waals surface area contributed by atoms with Crippen LogP contribution < -0.4 is 0 Å². The van der Waals surface area contributed by atoms with E-state index in [1.54, 1.807) is 0 Å². The number of fused-ring (bicyclic) bond motifs is 11. The Hall–Kier alpha value is -7.17. The second-order valence-corrected chi connectivity index (χ2v) is 13.6. The molecule has 0 fully saturated rings. The number of aromatic nitrogens is 4. The molecule has 0 aliphatic rings. The lowest BCUT2D eigenvalue weighted by atomic mass is 9.93. The smallest absolute Gasteiger partial charge is 0.164 e. The first-order valence-corrected chi connectivity index (χ1v) is 18.0. The average molecular weight is 675 g/mol. The van der Waals surface area contributed by atoms with Crippen molar-refractivity contribution in [1.29, 1.82) is 0 Å². The second kappa shape index (κ2) is 11.7. The van der Waals surface area contributed by atoms with Gasteiger partial charge in [0.05, 0.1) is 11.0 Å². The largest absolute Gasteiger partial charge is 0.309 e. The normalized spacial score (nSPS) is 11.8. The monoisotopic (exact) mass is 674 g/mol. The summed E-state index contributed by atoms with van der Waals surface area (Å²) < 4.78 is 2.43. The molecule has 2 aromatic heterocycles. The summed E-state index contributed by atoms with van der Waals surface area (Å²) in [5.74, 6) is 1.92. The summed E-state index contributed by atoms with van der Waals surface area (Å²) in [5, 5.41) is 12.3. The van der Waals surface area contributed by atoms with Gasteiger partial charge < -0.3 is 4.57 Å². The fraction of sp³-hybridized carbons (Fsp3) is 0. The molecule has 0 atom stereocenters. The third kappa shape index (κ3) is 4.66. The van der Waals surface area contributed by atoms with Crippen molar-refractivity contribution < 1.29 is 0 Å².